The molecule has 0 aliphatic carbocycles. The second kappa shape index (κ2) is 8.33. The molecule has 0 saturated heterocycles. The Morgan fingerprint density at radius 1 is 1.04 bits per heavy atom. The fourth-order valence-corrected chi connectivity index (χ4v) is 3.49. The monoisotopic (exact) mass is 381 g/mol. The normalized spacial score (nSPS) is 11.4. The quantitative estimate of drug-likeness (QED) is 0.807. The number of rotatable bonds is 6. The Hall–Kier alpha value is -2.09. The molecule has 2 rings (SSSR count). The Bertz CT molecular complexity index is 854. The molecule has 0 radical (unpaired) electrons. The molecule has 2 N–H and O–H groups in total. The van der Waals surface area contributed by atoms with Crippen LogP contribution >= 0.6 is 11.6 Å². The van der Waals surface area contributed by atoms with Gasteiger partial charge in [-0.1, -0.05) is 41.9 Å². The van der Waals surface area contributed by atoms with Crippen LogP contribution in [-0.4, -0.2) is 32.8 Å². The first kappa shape index (κ1) is 19.2. The van der Waals surface area contributed by atoms with E-state index in [0.717, 1.165) is 9.87 Å². The summed E-state index contributed by atoms with van der Waals surface area (Å²) in [7, 11) is -0.630. The number of amides is 2. The van der Waals surface area contributed by atoms with Gasteiger partial charge in [0, 0.05) is 32.2 Å². The Balaban J connectivity index is 1.98. The Morgan fingerprint density at radius 2 is 1.72 bits per heavy atom. The van der Waals surface area contributed by atoms with Crippen molar-refractivity contribution < 1.29 is 13.2 Å². The molecule has 2 amide bonds. The number of benzene rings is 2. The minimum atomic E-state index is -3.57. The number of hydrogen-bond acceptors (Lipinski definition) is 3. The van der Waals surface area contributed by atoms with E-state index in [-0.39, 0.29) is 11.4 Å². The van der Waals surface area contributed by atoms with E-state index in [1.54, 1.807) is 36.4 Å². The molecule has 0 saturated carbocycles. The van der Waals surface area contributed by atoms with Gasteiger partial charge in [0.1, 0.15) is 0 Å². The van der Waals surface area contributed by atoms with Gasteiger partial charge in [0.05, 0.1) is 4.90 Å². The Kier molecular flexibility index (Phi) is 6.41. The van der Waals surface area contributed by atoms with Gasteiger partial charge in [-0.25, -0.2) is 17.5 Å². The molecule has 134 valence electrons. The topological polar surface area (TPSA) is 78.5 Å². The molecule has 8 heteroatoms. The van der Waals surface area contributed by atoms with Crippen LogP contribution in [0.3, 0.4) is 0 Å². The number of carbonyl (C=O) groups excluding carboxylic acids is 1. The number of nitrogens with zero attached hydrogens (tertiary/aromatic N) is 1. The summed E-state index contributed by atoms with van der Waals surface area (Å²) in [5.74, 6) is 0. The maximum Gasteiger partial charge on any atom is 0.315 e. The molecule has 6 nitrogen and oxygen atoms in total. The SMILES string of the molecule is CN(C)S(=O)(=O)c1ccccc1CNC(=O)NCc1cccc(Cl)c1. The van der Waals surface area contributed by atoms with Crippen molar-refractivity contribution in [2.75, 3.05) is 14.1 Å². The lowest BCUT2D eigenvalue weighted by molar-refractivity contribution is 0.240. The maximum absolute atomic E-state index is 12.3. The van der Waals surface area contributed by atoms with E-state index in [9.17, 15) is 13.2 Å². The van der Waals surface area contributed by atoms with Crippen LogP contribution in [0.2, 0.25) is 5.02 Å². The van der Waals surface area contributed by atoms with Gasteiger partial charge in [0.15, 0.2) is 0 Å². The smallest absolute Gasteiger partial charge is 0.315 e. The highest BCUT2D eigenvalue weighted by atomic mass is 35.5. The van der Waals surface area contributed by atoms with Crippen LogP contribution in [0.25, 0.3) is 0 Å². The molecule has 0 fully saturated rings. The maximum atomic E-state index is 12.3. The van der Waals surface area contributed by atoms with Gasteiger partial charge >= 0.3 is 6.03 Å². The Morgan fingerprint density at radius 3 is 2.40 bits per heavy atom. The van der Waals surface area contributed by atoms with Crippen LogP contribution in [-0.2, 0) is 23.1 Å². The summed E-state index contributed by atoms with van der Waals surface area (Å²) in [5.41, 5.74) is 1.40. The Labute approximate surface area is 152 Å². The average Bonchev–Trinajstić information content (AvgIpc) is 2.58. The van der Waals surface area contributed by atoms with Gasteiger partial charge in [-0.15, -0.1) is 0 Å². The lowest BCUT2D eigenvalue weighted by Crippen LogP contribution is -2.35. The molecule has 0 atom stereocenters. The lowest BCUT2D eigenvalue weighted by atomic mass is 10.2. The fraction of sp³-hybridized carbons (Fsp3) is 0.235. The van der Waals surface area contributed by atoms with Crippen molar-refractivity contribution in [3.63, 3.8) is 0 Å². The van der Waals surface area contributed by atoms with E-state index in [2.05, 4.69) is 10.6 Å². The minimum Gasteiger partial charge on any atom is -0.334 e. The summed E-state index contributed by atoms with van der Waals surface area (Å²) in [6.07, 6.45) is 0. The zero-order chi connectivity index (χ0) is 18.4. The first-order chi connectivity index (χ1) is 11.8. The van der Waals surface area contributed by atoms with Crippen LogP contribution < -0.4 is 10.6 Å². The van der Waals surface area contributed by atoms with Crippen molar-refractivity contribution >= 4 is 27.7 Å². The second-order valence-electron chi connectivity index (χ2n) is 5.56. The van der Waals surface area contributed by atoms with E-state index in [4.69, 9.17) is 11.6 Å². The predicted octanol–water partition coefficient (Wildman–Crippen LogP) is 2.59. The fourth-order valence-electron chi connectivity index (χ4n) is 2.17. The van der Waals surface area contributed by atoms with E-state index in [1.165, 1.54) is 20.2 Å². The lowest BCUT2D eigenvalue weighted by Gasteiger charge is -2.15. The zero-order valence-corrected chi connectivity index (χ0v) is 15.6. The molecule has 0 bridgehead atoms. The highest BCUT2D eigenvalue weighted by Crippen LogP contribution is 2.18. The summed E-state index contributed by atoms with van der Waals surface area (Å²) in [6.45, 7) is 0.425. The molecule has 2 aromatic rings. The van der Waals surface area contributed by atoms with Gasteiger partial charge in [0.2, 0.25) is 10.0 Å². The van der Waals surface area contributed by atoms with Crippen molar-refractivity contribution in [2.24, 2.45) is 0 Å². The molecule has 2 aromatic carbocycles. The van der Waals surface area contributed by atoms with E-state index in [1.807, 2.05) is 6.07 Å². The molecule has 0 spiro atoms. The molecular formula is C17H20ClN3O3S. The standard InChI is InChI=1S/C17H20ClN3O3S/c1-21(2)25(23,24)16-9-4-3-7-14(16)12-20-17(22)19-11-13-6-5-8-15(18)10-13/h3-10H,11-12H2,1-2H3,(H2,19,20,22). The minimum absolute atomic E-state index is 0.102. The number of sulfonamides is 1. The van der Waals surface area contributed by atoms with Gasteiger partial charge in [-0.3, -0.25) is 0 Å². The third-order valence-corrected chi connectivity index (χ3v) is 5.66. The molecule has 0 aliphatic rings. The predicted molar refractivity (Wildman–Crippen MR) is 97.8 cm³/mol. The summed E-state index contributed by atoms with van der Waals surface area (Å²) in [6, 6.07) is 13.4. The van der Waals surface area contributed by atoms with E-state index < -0.39 is 16.1 Å². The zero-order valence-electron chi connectivity index (χ0n) is 14.0. The van der Waals surface area contributed by atoms with Crippen molar-refractivity contribution in [1.29, 1.82) is 0 Å². The first-order valence-corrected chi connectivity index (χ1v) is 9.39. The molecule has 0 heterocycles. The van der Waals surface area contributed by atoms with Gasteiger partial charge in [0.25, 0.3) is 0 Å². The number of urea groups is 1. The number of halogens is 1. The highest BCUT2D eigenvalue weighted by molar-refractivity contribution is 7.89. The molecule has 25 heavy (non-hydrogen) atoms. The van der Waals surface area contributed by atoms with Crippen molar-refractivity contribution in [3.05, 3.63) is 64.7 Å². The van der Waals surface area contributed by atoms with Crippen LogP contribution in [0.5, 0.6) is 0 Å². The van der Waals surface area contributed by atoms with Crippen molar-refractivity contribution in [2.45, 2.75) is 18.0 Å². The molecule has 0 unspecified atom stereocenters. The van der Waals surface area contributed by atoms with Crippen LogP contribution in [0, 0.1) is 0 Å². The summed E-state index contributed by atoms with van der Waals surface area (Å²) in [5, 5.41) is 5.98. The molecule has 0 aliphatic heterocycles. The third-order valence-electron chi connectivity index (χ3n) is 3.51. The molecular weight excluding hydrogens is 362 g/mol. The number of hydrogen-bond donors (Lipinski definition) is 2. The van der Waals surface area contributed by atoms with E-state index in [0.29, 0.717) is 17.1 Å². The van der Waals surface area contributed by atoms with E-state index >= 15 is 0 Å². The number of carbonyl (C=O) groups is 1. The first-order valence-electron chi connectivity index (χ1n) is 7.57. The summed E-state index contributed by atoms with van der Waals surface area (Å²) >= 11 is 5.90. The van der Waals surface area contributed by atoms with Crippen LogP contribution in [0.1, 0.15) is 11.1 Å². The van der Waals surface area contributed by atoms with Crippen molar-refractivity contribution in [1.82, 2.24) is 14.9 Å². The molecule has 0 aromatic heterocycles. The van der Waals surface area contributed by atoms with Gasteiger partial charge in [-0.2, -0.15) is 0 Å². The van der Waals surface area contributed by atoms with Gasteiger partial charge in [-0.05, 0) is 29.3 Å². The second-order valence-corrected chi connectivity index (χ2v) is 8.12. The third kappa shape index (κ3) is 5.19. The summed E-state index contributed by atoms with van der Waals surface area (Å²) < 4.78 is 25.8. The largest absolute Gasteiger partial charge is 0.334 e. The summed E-state index contributed by atoms with van der Waals surface area (Å²) in [4.78, 5) is 12.1. The van der Waals surface area contributed by atoms with Gasteiger partial charge < -0.3 is 10.6 Å². The average molecular weight is 382 g/mol. The number of nitrogens with one attached hydrogen (secondary N) is 2. The van der Waals surface area contributed by atoms with Crippen LogP contribution in [0.4, 0.5) is 4.79 Å². The van der Waals surface area contributed by atoms with Crippen LogP contribution in [0.15, 0.2) is 53.4 Å². The van der Waals surface area contributed by atoms with Crippen molar-refractivity contribution in [3.8, 4) is 0 Å². The highest BCUT2D eigenvalue weighted by Gasteiger charge is 2.20.